The van der Waals surface area contributed by atoms with E-state index in [1.807, 2.05) is 17.1 Å². The first-order valence-corrected chi connectivity index (χ1v) is 10.2. The molecule has 9 heteroatoms. The van der Waals surface area contributed by atoms with Crippen molar-refractivity contribution in [3.8, 4) is 11.3 Å². The van der Waals surface area contributed by atoms with Crippen LogP contribution in [0.1, 0.15) is 44.3 Å². The van der Waals surface area contributed by atoms with Crippen LogP contribution in [0.15, 0.2) is 24.8 Å². The summed E-state index contributed by atoms with van der Waals surface area (Å²) in [6.45, 7) is 5.17. The third-order valence-electron chi connectivity index (χ3n) is 4.76. The van der Waals surface area contributed by atoms with Gasteiger partial charge >= 0.3 is 0 Å². The average Bonchev–Trinajstić information content (AvgIpc) is 3.12. The fourth-order valence-corrected chi connectivity index (χ4v) is 4.20. The average molecular weight is 379 g/mol. The molecule has 1 fully saturated rings. The van der Waals surface area contributed by atoms with Crippen LogP contribution in [0.2, 0.25) is 0 Å². The minimum Gasteiger partial charge on any atom is -0.270 e. The van der Waals surface area contributed by atoms with Crippen molar-refractivity contribution in [2.24, 2.45) is 0 Å². The van der Waals surface area contributed by atoms with Crippen molar-refractivity contribution in [2.45, 2.75) is 38.6 Å². The molecule has 0 bridgehead atoms. The van der Waals surface area contributed by atoms with Crippen LogP contribution in [-0.4, -0.2) is 64.0 Å². The lowest BCUT2D eigenvalue weighted by atomic mass is 9.95. The van der Waals surface area contributed by atoms with Gasteiger partial charge in [-0.05, 0) is 26.7 Å². The van der Waals surface area contributed by atoms with Crippen molar-refractivity contribution >= 4 is 10.2 Å². The maximum atomic E-state index is 12.2. The summed E-state index contributed by atoms with van der Waals surface area (Å²) in [6.07, 6.45) is 8.87. The summed E-state index contributed by atoms with van der Waals surface area (Å²) in [6, 6.07) is 0.305. The molecule has 0 N–H and O–H groups in total. The normalized spacial score (nSPS) is 17.3. The van der Waals surface area contributed by atoms with E-state index in [1.165, 1.54) is 8.61 Å². The van der Waals surface area contributed by atoms with E-state index in [4.69, 9.17) is 0 Å². The Balaban J connectivity index is 1.66. The van der Waals surface area contributed by atoms with Gasteiger partial charge in [0.25, 0.3) is 10.2 Å². The first kappa shape index (κ1) is 18.9. The molecule has 3 heterocycles. The maximum Gasteiger partial charge on any atom is 0.281 e. The molecular weight excluding hydrogens is 352 g/mol. The zero-order valence-corrected chi connectivity index (χ0v) is 16.5. The van der Waals surface area contributed by atoms with E-state index in [9.17, 15) is 8.42 Å². The summed E-state index contributed by atoms with van der Waals surface area (Å²) in [4.78, 5) is 9.11. The molecule has 0 atom stereocenters. The predicted octanol–water partition coefficient (Wildman–Crippen LogP) is 1.91. The van der Waals surface area contributed by atoms with Gasteiger partial charge in [-0.15, -0.1) is 0 Å². The molecule has 0 spiro atoms. The highest BCUT2D eigenvalue weighted by Gasteiger charge is 2.30. The highest BCUT2D eigenvalue weighted by Crippen LogP contribution is 2.28. The van der Waals surface area contributed by atoms with Gasteiger partial charge in [-0.3, -0.25) is 14.6 Å². The van der Waals surface area contributed by atoms with Crippen LogP contribution in [0.25, 0.3) is 11.3 Å². The summed E-state index contributed by atoms with van der Waals surface area (Å²) in [7, 11) is -0.207. The molecule has 0 saturated carbocycles. The Morgan fingerprint density at radius 1 is 1.12 bits per heavy atom. The number of aromatic nitrogens is 4. The number of rotatable bonds is 5. The first-order valence-electron chi connectivity index (χ1n) is 8.83. The highest BCUT2D eigenvalue weighted by molar-refractivity contribution is 7.86. The standard InChI is InChI=1S/C17H26N6O2S/c1-13(2)23-12-15(9-20-23)17-11-18-16(10-19-17)14-5-7-22(8-6-14)26(24,25)21(3)4/h9-14H,5-8H2,1-4H3. The molecule has 0 aliphatic carbocycles. The second-order valence-corrected chi connectivity index (χ2v) is 9.24. The van der Waals surface area contributed by atoms with Crippen LogP contribution < -0.4 is 0 Å². The first-order chi connectivity index (χ1) is 12.3. The van der Waals surface area contributed by atoms with Gasteiger partial charge in [0, 0.05) is 57.1 Å². The number of nitrogens with zero attached hydrogens (tertiary/aromatic N) is 6. The van der Waals surface area contributed by atoms with E-state index < -0.39 is 10.2 Å². The predicted molar refractivity (Wildman–Crippen MR) is 99.8 cm³/mol. The lowest BCUT2D eigenvalue weighted by Crippen LogP contribution is -2.44. The summed E-state index contributed by atoms with van der Waals surface area (Å²) >= 11 is 0. The Kier molecular flexibility index (Phi) is 5.40. The third kappa shape index (κ3) is 3.79. The van der Waals surface area contributed by atoms with Gasteiger partial charge in [-0.2, -0.15) is 22.1 Å². The monoisotopic (exact) mass is 378 g/mol. The lowest BCUT2D eigenvalue weighted by molar-refractivity contribution is 0.300. The second-order valence-electron chi connectivity index (χ2n) is 7.09. The Labute approximate surface area is 155 Å². The van der Waals surface area contributed by atoms with Gasteiger partial charge < -0.3 is 0 Å². The third-order valence-corrected chi connectivity index (χ3v) is 6.70. The molecule has 0 unspecified atom stereocenters. The number of hydrogen-bond acceptors (Lipinski definition) is 5. The van der Waals surface area contributed by atoms with Gasteiger partial charge in [0.1, 0.15) is 0 Å². The molecule has 8 nitrogen and oxygen atoms in total. The van der Waals surface area contributed by atoms with E-state index in [-0.39, 0.29) is 5.92 Å². The molecule has 26 heavy (non-hydrogen) atoms. The van der Waals surface area contributed by atoms with Crippen LogP contribution in [0, 0.1) is 0 Å². The molecular formula is C17H26N6O2S. The molecule has 2 aromatic rings. The van der Waals surface area contributed by atoms with E-state index >= 15 is 0 Å². The molecule has 3 rings (SSSR count). The number of hydrogen-bond donors (Lipinski definition) is 0. The highest BCUT2D eigenvalue weighted by atomic mass is 32.2. The molecule has 2 aromatic heterocycles. The van der Waals surface area contributed by atoms with Crippen molar-refractivity contribution < 1.29 is 8.42 Å². The minimum atomic E-state index is -3.33. The van der Waals surface area contributed by atoms with Gasteiger partial charge in [-0.1, -0.05) is 0 Å². The van der Waals surface area contributed by atoms with E-state index in [0.29, 0.717) is 19.1 Å². The second kappa shape index (κ2) is 7.42. The Morgan fingerprint density at radius 3 is 2.31 bits per heavy atom. The SMILES string of the molecule is CC(C)n1cc(-c2cnc(C3CCN(S(=O)(=O)N(C)C)CC3)cn2)cn1. The number of piperidine rings is 1. The van der Waals surface area contributed by atoms with Crippen molar-refractivity contribution in [1.82, 2.24) is 28.4 Å². The fraction of sp³-hybridized carbons (Fsp3) is 0.588. The van der Waals surface area contributed by atoms with Gasteiger partial charge in [-0.25, -0.2) is 0 Å². The summed E-state index contributed by atoms with van der Waals surface area (Å²) < 4.78 is 29.1. The van der Waals surface area contributed by atoms with Gasteiger partial charge in [0.15, 0.2) is 0 Å². The maximum absolute atomic E-state index is 12.2. The van der Waals surface area contributed by atoms with E-state index in [1.54, 1.807) is 26.5 Å². The van der Waals surface area contributed by atoms with Gasteiger partial charge in [0.05, 0.1) is 23.8 Å². The molecule has 1 saturated heterocycles. The van der Waals surface area contributed by atoms with E-state index in [2.05, 4.69) is 28.9 Å². The summed E-state index contributed by atoms with van der Waals surface area (Å²) in [5, 5.41) is 4.33. The van der Waals surface area contributed by atoms with Crippen LogP contribution in [-0.2, 0) is 10.2 Å². The minimum absolute atomic E-state index is 0.239. The van der Waals surface area contributed by atoms with Crippen LogP contribution >= 0.6 is 0 Å². The van der Waals surface area contributed by atoms with Crippen LogP contribution in [0.5, 0.6) is 0 Å². The Morgan fingerprint density at radius 2 is 1.81 bits per heavy atom. The quantitative estimate of drug-likeness (QED) is 0.793. The largest absolute Gasteiger partial charge is 0.281 e. The molecule has 1 aliphatic rings. The van der Waals surface area contributed by atoms with Crippen molar-refractivity contribution in [3.63, 3.8) is 0 Å². The van der Waals surface area contributed by atoms with Crippen molar-refractivity contribution in [2.75, 3.05) is 27.2 Å². The van der Waals surface area contributed by atoms with Crippen LogP contribution in [0.4, 0.5) is 0 Å². The Hall–Kier alpha value is -1.84. The van der Waals surface area contributed by atoms with Crippen LogP contribution in [0.3, 0.4) is 0 Å². The molecule has 1 aliphatic heterocycles. The smallest absolute Gasteiger partial charge is 0.270 e. The molecule has 0 radical (unpaired) electrons. The molecule has 142 valence electrons. The van der Waals surface area contributed by atoms with Crippen molar-refractivity contribution in [1.29, 1.82) is 0 Å². The zero-order valence-electron chi connectivity index (χ0n) is 15.7. The Bertz CT molecular complexity index is 836. The summed E-state index contributed by atoms with van der Waals surface area (Å²) in [5.41, 5.74) is 2.67. The summed E-state index contributed by atoms with van der Waals surface area (Å²) in [5.74, 6) is 0.239. The topological polar surface area (TPSA) is 84.2 Å². The van der Waals surface area contributed by atoms with Crippen molar-refractivity contribution in [3.05, 3.63) is 30.5 Å². The van der Waals surface area contributed by atoms with Gasteiger partial charge in [0.2, 0.25) is 0 Å². The fourth-order valence-electron chi connectivity index (χ4n) is 3.06. The zero-order chi connectivity index (χ0) is 18.9. The molecule has 0 amide bonds. The molecule has 0 aromatic carbocycles. The lowest BCUT2D eigenvalue weighted by Gasteiger charge is -2.32. The van der Waals surface area contributed by atoms with E-state index in [0.717, 1.165) is 29.8 Å².